The summed E-state index contributed by atoms with van der Waals surface area (Å²) < 4.78 is 1.63. The number of aromatic nitrogens is 3. The number of carbonyl (C=O) groups excluding carboxylic acids is 1. The van der Waals surface area contributed by atoms with Gasteiger partial charge in [0.05, 0.1) is 10.9 Å². The van der Waals surface area contributed by atoms with Gasteiger partial charge in [-0.05, 0) is 51.3 Å². The van der Waals surface area contributed by atoms with Crippen molar-refractivity contribution in [3.63, 3.8) is 0 Å². The Morgan fingerprint density at radius 3 is 2.92 bits per heavy atom. The number of likely N-dealkylation sites (tertiary alicyclic amines) is 1. The van der Waals surface area contributed by atoms with E-state index < -0.39 is 0 Å². The number of fused-ring (bicyclic) bond motifs is 1. The molecule has 2 aromatic rings. The Hall–Kier alpha value is -2.15. The molecule has 7 heteroatoms. The molecule has 1 atom stereocenters. The van der Waals surface area contributed by atoms with Crippen LogP contribution in [0.15, 0.2) is 10.9 Å². The number of rotatable bonds is 4. The highest BCUT2D eigenvalue weighted by Gasteiger charge is 2.31. The fraction of sp³-hybridized carbons (Fsp3) is 0.611. The Kier molecular flexibility index (Phi) is 4.11. The Bertz CT molecular complexity index is 862. The standard InChI is InChI=1S/C18H25N5O2/c1-19-9-11-4-3-7-23(10-11)18(25)13-8-14(12-5-6-12)20-16-15(13)17(24)21-22(16)2/h8,11-12,19H,3-7,9-10H2,1-2H3,(H,21,24)/t11-/m0/s1. The molecule has 1 saturated carbocycles. The van der Waals surface area contributed by atoms with Gasteiger partial charge < -0.3 is 10.2 Å². The van der Waals surface area contributed by atoms with E-state index in [1.54, 1.807) is 11.7 Å². The van der Waals surface area contributed by atoms with Crippen LogP contribution in [0.3, 0.4) is 0 Å². The fourth-order valence-electron chi connectivity index (χ4n) is 3.91. The SMILES string of the molecule is CNC[C@@H]1CCCN(C(=O)c2cc(C3CC3)nc3c2c(=O)[nH]n3C)C1. The monoisotopic (exact) mass is 343 g/mol. The summed E-state index contributed by atoms with van der Waals surface area (Å²) in [4.78, 5) is 32.2. The first-order valence-corrected chi connectivity index (χ1v) is 9.12. The minimum absolute atomic E-state index is 0.0354. The van der Waals surface area contributed by atoms with Crippen molar-refractivity contribution in [3.05, 3.63) is 27.7 Å². The summed E-state index contributed by atoms with van der Waals surface area (Å²) >= 11 is 0. The molecule has 3 heterocycles. The summed E-state index contributed by atoms with van der Waals surface area (Å²) in [6, 6.07) is 1.86. The summed E-state index contributed by atoms with van der Waals surface area (Å²) in [5, 5.41) is 6.38. The predicted octanol–water partition coefficient (Wildman–Crippen LogP) is 1.21. The van der Waals surface area contributed by atoms with Gasteiger partial charge >= 0.3 is 0 Å². The Morgan fingerprint density at radius 2 is 2.20 bits per heavy atom. The highest BCUT2D eigenvalue weighted by molar-refractivity contribution is 6.05. The zero-order valence-electron chi connectivity index (χ0n) is 14.8. The van der Waals surface area contributed by atoms with Crippen molar-refractivity contribution in [2.45, 2.75) is 31.6 Å². The first-order valence-electron chi connectivity index (χ1n) is 9.12. The lowest BCUT2D eigenvalue weighted by molar-refractivity contribution is 0.0676. The Labute approximate surface area is 146 Å². The maximum absolute atomic E-state index is 13.2. The number of nitrogens with zero attached hydrogens (tertiary/aromatic N) is 3. The van der Waals surface area contributed by atoms with E-state index in [0.29, 0.717) is 28.4 Å². The van der Waals surface area contributed by atoms with Crippen LogP contribution in [0, 0.1) is 5.92 Å². The van der Waals surface area contributed by atoms with E-state index in [1.165, 1.54) is 0 Å². The third kappa shape index (κ3) is 2.97. The van der Waals surface area contributed by atoms with E-state index in [9.17, 15) is 9.59 Å². The zero-order chi connectivity index (χ0) is 17.6. The highest BCUT2D eigenvalue weighted by Crippen LogP contribution is 2.40. The van der Waals surface area contributed by atoms with Crippen LogP contribution in [0.1, 0.15) is 47.7 Å². The van der Waals surface area contributed by atoms with Gasteiger partial charge in [-0.2, -0.15) is 0 Å². The van der Waals surface area contributed by atoms with Crippen molar-refractivity contribution < 1.29 is 4.79 Å². The largest absolute Gasteiger partial charge is 0.338 e. The number of aryl methyl sites for hydroxylation is 1. The van der Waals surface area contributed by atoms with E-state index in [1.807, 2.05) is 18.0 Å². The molecule has 0 unspecified atom stereocenters. The molecule has 0 radical (unpaired) electrons. The summed E-state index contributed by atoms with van der Waals surface area (Å²) in [6.45, 7) is 2.41. The molecular weight excluding hydrogens is 318 g/mol. The van der Waals surface area contributed by atoms with Gasteiger partial charge in [-0.3, -0.25) is 19.4 Å². The minimum atomic E-state index is -0.237. The highest BCUT2D eigenvalue weighted by atomic mass is 16.2. The molecule has 7 nitrogen and oxygen atoms in total. The molecule has 1 amide bonds. The lowest BCUT2D eigenvalue weighted by Gasteiger charge is -2.33. The normalized spacial score (nSPS) is 21.0. The first kappa shape index (κ1) is 16.3. The lowest BCUT2D eigenvalue weighted by atomic mass is 9.97. The molecule has 0 bridgehead atoms. The number of amides is 1. The van der Waals surface area contributed by atoms with Crippen LogP contribution >= 0.6 is 0 Å². The molecule has 2 aromatic heterocycles. The minimum Gasteiger partial charge on any atom is -0.338 e. The topological polar surface area (TPSA) is 83.0 Å². The van der Waals surface area contributed by atoms with Crippen LogP contribution in [0.5, 0.6) is 0 Å². The van der Waals surface area contributed by atoms with Gasteiger partial charge in [0.2, 0.25) is 0 Å². The summed E-state index contributed by atoms with van der Waals surface area (Å²) in [7, 11) is 3.71. The van der Waals surface area contributed by atoms with Gasteiger partial charge in [0, 0.05) is 31.7 Å². The average Bonchev–Trinajstić information content (AvgIpc) is 3.41. The predicted molar refractivity (Wildman–Crippen MR) is 95.9 cm³/mol. The van der Waals surface area contributed by atoms with Crippen molar-refractivity contribution >= 4 is 16.9 Å². The van der Waals surface area contributed by atoms with E-state index in [-0.39, 0.29) is 11.5 Å². The number of nitrogens with one attached hydrogen (secondary N) is 2. The van der Waals surface area contributed by atoms with Crippen LogP contribution in [0.25, 0.3) is 11.0 Å². The number of aromatic amines is 1. The maximum atomic E-state index is 13.2. The summed E-state index contributed by atoms with van der Waals surface area (Å²) in [6.07, 6.45) is 4.36. The molecule has 1 saturated heterocycles. The van der Waals surface area contributed by atoms with Gasteiger partial charge in [-0.1, -0.05) is 0 Å². The molecule has 1 aliphatic heterocycles. The number of piperidine rings is 1. The van der Waals surface area contributed by atoms with E-state index >= 15 is 0 Å². The Balaban J connectivity index is 1.74. The molecule has 0 aromatic carbocycles. The summed E-state index contributed by atoms with van der Waals surface area (Å²) in [5.41, 5.74) is 1.80. The molecule has 134 valence electrons. The van der Waals surface area contributed by atoms with Crippen molar-refractivity contribution in [1.29, 1.82) is 0 Å². The van der Waals surface area contributed by atoms with E-state index in [2.05, 4.69) is 15.4 Å². The average molecular weight is 343 g/mol. The van der Waals surface area contributed by atoms with E-state index in [0.717, 1.165) is 51.0 Å². The molecule has 0 spiro atoms. The fourth-order valence-corrected chi connectivity index (χ4v) is 3.91. The number of carbonyl (C=O) groups is 1. The van der Waals surface area contributed by atoms with Gasteiger partial charge in [0.15, 0.2) is 5.65 Å². The van der Waals surface area contributed by atoms with Crippen molar-refractivity contribution in [2.75, 3.05) is 26.7 Å². The number of H-pyrrole nitrogens is 1. The van der Waals surface area contributed by atoms with Gasteiger partial charge in [-0.25, -0.2) is 4.98 Å². The second-order valence-electron chi connectivity index (χ2n) is 7.38. The van der Waals surface area contributed by atoms with Gasteiger partial charge in [-0.15, -0.1) is 0 Å². The number of hydrogen-bond donors (Lipinski definition) is 2. The van der Waals surface area contributed by atoms with Crippen molar-refractivity contribution in [3.8, 4) is 0 Å². The van der Waals surface area contributed by atoms with Crippen LogP contribution in [-0.4, -0.2) is 52.3 Å². The third-order valence-electron chi connectivity index (χ3n) is 5.36. The maximum Gasteiger partial charge on any atom is 0.274 e. The first-order chi connectivity index (χ1) is 12.1. The lowest BCUT2D eigenvalue weighted by Crippen LogP contribution is -2.42. The summed E-state index contributed by atoms with van der Waals surface area (Å²) in [5.74, 6) is 0.864. The van der Waals surface area contributed by atoms with Crippen LogP contribution < -0.4 is 10.9 Å². The molecule has 1 aliphatic carbocycles. The third-order valence-corrected chi connectivity index (χ3v) is 5.36. The van der Waals surface area contributed by atoms with E-state index in [4.69, 9.17) is 0 Å². The molecule has 4 rings (SSSR count). The van der Waals surface area contributed by atoms with Gasteiger partial charge in [0.1, 0.15) is 0 Å². The molecule has 2 fully saturated rings. The van der Waals surface area contributed by atoms with Gasteiger partial charge in [0.25, 0.3) is 11.5 Å². The Morgan fingerprint density at radius 1 is 1.40 bits per heavy atom. The molecular formula is C18H25N5O2. The van der Waals surface area contributed by atoms with Crippen LogP contribution in [-0.2, 0) is 7.05 Å². The van der Waals surface area contributed by atoms with Crippen LogP contribution in [0.2, 0.25) is 0 Å². The molecule has 2 N–H and O–H groups in total. The van der Waals surface area contributed by atoms with Crippen molar-refractivity contribution in [2.24, 2.45) is 13.0 Å². The zero-order valence-corrected chi connectivity index (χ0v) is 14.8. The smallest absolute Gasteiger partial charge is 0.274 e. The second kappa shape index (κ2) is 6.29. The van der Waals surface area contributed by atoms with Crippen molar-refractivity contribution in [1.82, 2.24) is 25.0 Å². The van der Waals surface area contributed by atoms with Crippen LogP contribution in [0.4, 0.5) is 0 Å². The number of pyridine rings is 1. The second-order valence-corrected chi connectivity index (χ2v) is 7.38. The quantitative estimate of drug-likeness (QED) is 0.874. The molecule has 2 aliphatic rings. The molecule has 25 heavy (non-hydrogen) atoms. The number of hydrogen-bond acceptors (Lipinski definition) is 4.